The summed E-state index contributed by atoms with van der Waals surface area (Å²) >= 11 is 0. The van der Waals surface area contributed by atoms with Crippen molar-refractivity contribution in [3.8, 4) is 5.75 Å². The molecule has 5 heteroatoms. The van der Waals surface area contributed by atoms with Gasteiger partial charge in [-0.1, -0.05) is 39.0 Å². The molecule has 3 rings (SSSR count). The first-order valence-electron chi connectivity index (χ1n) is 9.77. The summed E-state index contributed by atoms with van der Waals surface area (Å²) in [7, 11) is 0. The molecule has 1 atom stereocenters. The van der Waals surface area contributed by atoms with Gasteiger partial charge in [0.1, 0.15) is 5.75 Å². The second-order valence-electron chi connectivity index (χ2n) is 8.43. The Balaban J connectivity index is 1.44. The third kappa shape index (κ3) is 4.98. The van der Waals surface area contributed by atoms with Crippen molar-refractivity contribution in [2.24, 2.45) is 0 Å². The molecule has 1 amide bonds. The summed E-state index contributed by atoms with van der Waals surface area (Å²) in [4.78, 5) is 14.8. The van der Waals surface area contributed by atoms with Crippen LogP contribution in [0.25, 0.3) is 0 Å². The van der Waals surface area contributed by atoms with Crippen molar-refractivity contribution in [3.63, 3.8) is 0 Å². The zero-order valence-corrected chi connectivity index (χ0v) is 16.3. The number of nitrogens with one attached hydrogen (secondary N) is 1. The first-order chi connectivity index (χ1) is 12.4. The lowest BCUT2D eigenvalue weighted by molar-refractivity contribution is -0.124. The lowest BCUT2D eigenvalue weighted by Crippen LogP contribution is -2.49. The SMILES string of the molecule is CC(C)(C)c1ccccc1OCC(=O)NC1CCN([C@@H]2CCOC2)CC1. The monoisotopic (exact) mass is 360 g/mol. The Hall–Kier alpha value is -1.59. The maximum absolute atomic E-state index is 12.3. The van der Waals surface area contributed by atoms with Crippen LogP contribution in [0.4, 0.5) is 0 Å². The standard InChI is InChI=1S/C21H32N2O3/c1-21(2,3)18-6-4-5-7-19(18)26-15-20(24)22-16-8-11-23(12-9-16)17-10-13-25-14-17/h4-7,16-17H,8-15H2,1-3H3,(H,22,24)/t17-/m1/s1. The number of nitrogens with zero attached hydrogens (tertiary/aromatic N) is 1. The van der Waals surface area contributed by atoms with E-state index in [2.05, 4.69) is 37.1 Å². The van der Waals surface area contributed by atoms with Gasteiger partial charge in [0.05, 0.1) is 6.61 Å². The fourth-order valence-electron chi connectivity index (χ4n) is 3.84. The van der Waals surface area contributed by atoms with Crippen molar-refractivity contribution < 1.29 is 14.3 Å². The molecule has 0 radical (unpaired) electrons. The summed E-state index contributed by atoms with van der Waals surface area (Å²) in [6.07, 6.45) is 3.14. The van der Waals surface area contributed by atoms with Crippen LogP contribution in [0, 0.1) is 0 Å². The zero-order chi connectivity index (χ0) is 18.6. The van der Waals surface area contributed by atoms with Crippen molar-refractivity contribution >= 4 is 5.91 Å². The number of hydrogen-bond acceptors (Lipinski definition) is 4. The average Bonchev–Trinajstić information content (AvgIpc) is 3.15. The van der Waals surface area contributed by atoms with Crippen LogP contribution in [0.2, 0.25) is 0 Å². The Morgan fingerprint density at radius 3 is 2.62 bits per heavy atom. The molecule has 2 aliphatic heterocycles. The van der Waals surface area contributed by atoms with E-state index in [0.717, 1.165) is 56.9 Å². The first-order valence-corrected chi connectivity index (χ1v) is 9.77. The normalized spacial score (nSPS) is 22.3. The van der Waals surface area contributed by atoms with E-state index in [0.29, 0.717) is 6.04 Å². The zero-order valence-electron chi connectivity index (χ0n) is 16.3. The molecular formula is C21H32N2O3. The summed E-state index contributed by atoms with van der Waals surface area (Å²) in [5, 5.41) is 3.14. The number of rotatable bonds is 5. The quantitative estimate of drug-likeness (QED) is 0.877. The topological polar surface area (TPSA) is 50.8 Å². The molecular weight excluding hydrogens is 328 g/mol. The lowest BCUT2D eigenvalue weighted by Gasteiger charge is -2.35. The van der Waals surface area contributed by atoms with Crippen LogP contribution in [-0.4, -0.2) is 55.8 Å². The molecule has 0 saturated carbocycles. The highest BCUT2D eigenvalue weighted by Crippen LogP contribution is 2.30. The molecule has 1 aromatic rings. The molecule has 144 valence electrons. The highest BCUT2D eigenvalue weighted by atomic mass is 16.5. The highest BCUT2D eigenvalue weighted by Gasteiger charge is 2.28. The van der Waals surface area contributed by atoms with Gasteiger partial charge < -0.3 is 14.8 Å². The maximum atomic E-state index is 12.3. The van der Waals surface area contributed by atoms with E-state index in [1.165, 1.54) is 0 Å². The number of hydrogen-bond donors (Lipinski definition) is 1. The molecule has 5 nitrogen and oxygen atoms in total. The van der Waals surface area contributed by atoms with Gasteiger partial charge in [-0.25, -0.2) is 0 Å². The summed E-state index contributed by atoms with van der Waals surface area (Å²) in [5.41, 5.74) is 1.11. The molecule has 2 saturated heterocycles. The smallest absolute Gasteiger partial charge is 0.258 e. The Bertz CT molecular complexity index is 598. The number of amides is 1. The van der Waals surface area contributed by atoms with Crippen molar-refractivity contribution in [2.45, 2.75) is 57.5 Å². The summed E-state index contributed by atoms with van der Waals surface area (Å²) < 4.78 is 11.3. The molecule has 1 aromatic carbocycles. The largest absolute Gasteiger partial charge is 0.483 e. The molecule has 2 fully saturated rings. The van der Waals surface area contributed by atoms with Crippen molar-refractivity contribution in [1.29, 1.82) is 0 Å². The fourth-order valence-corrected chi connectivity index (χ4v) is 3.84. The highest BCUT2D eigenvalue weighted by molar-refractivity contribution is 5.77. The van der Waals surface area contributed by atoms with E-state index in [1.54, 1.807) is 0 Å². The van der Waals surface area contributed by atoms with Crippen LogP contribution in [0.1, 0.15) is 45.6 Å². The predicted octanol–water partition coefficient (Wildman–Crippen LogP) is 2.73. The van der Waals surface area contributed by atoms with Gasteiger partial charge in [-0.05, 0) is 36.3 Å². The Kier molecular flexibility index (Phi) is 6.20. The van der Waals surface area contributed by atoms with Gasteiger partial charge in [0.2, 0.25) is 0 Å². The van der Waals surface area contributed by atoms with E-state index in [-0.39, 0.29) is 24.0 Å². The van der Waals surface area contributed by atoms with Gasteiger partial charge >= 0.3 is 0 Å². The number of carbonyl (C=O) groups is 1. The van der Waals surface area contributed by atoms with Crippen molar-refractivity contribution in [3.05, 3.63) is 29.8 Å². The molecule has 0 spiro atoms. The summed E-state index contributed by atoms with van der Waals surface area (Å²) in [6.45, 7) is 10.3. The summed E-state index contributed by atoms with van der Waals surface area (Å²) in [6, 6.07) is 8.79. The molecule has 0 unspecified atom stereocenters. The first kappa shape index (κ1) is 19.2. The number of carbonyl (C=O) groups excluding carboxylic acids is 1. The lowest BCUT2D eigenvalue weighted by atomic mass is 9.86. The van der Waals surface area contributed by atoms with Crippen LogP contribution < -0.4 is 10.1 Å². The van der Waals surface area contributed by atoms with Crippen LogP contribution in [-0.2, 0) is 14.9 Å². The molecule has 26 heavy (non-hydrogen) atoms. The van der Waals surface area contributed by atoms with Gasteiger partial charge in [0.15, 0.2) is 6.61 Å². The second-order valence-corrected chi connectivity index (χ2v) is 8.43. The number of benzene rings is 1. The second kappa shape index (κ2) is 8.40. The molecule has 0 aliphatic carbocycles. The Morgan fingerprint density at radius 2 is 1.96 bits per heavy atom. The molecule has 2 aliphatic rings. The van der Waals surface area contributed by atoms with E-state index in [9.17, 15) is 4.79 Å². The number of para-hydroxylation sites is 1. The van der Waals surface area contributed by atoms with Crippen LogP contribution >= 0.6 is 0 Å². The van der Waals surface area contributed by atoms with Crippen LogP contribution in [0.3, 0.4) is 0 Å². The minimum Gasteiger partial charge on any atom is -0.483 e. The Labute approximate surface area is 157 Å². The van der Waals surface area contributed by atoms with E-state index in [1.807, 2.05) is 18.2 Å². The van der Waals surface area contributed by atoms with E-state index >= 15 is 0 Å². The summed E-state index contributed by atoms with van der Waals surface area (Å²) in [5.74, 6) is 0.766. The third-order valence-electron chi connectivity index (χ3n) is 5.37. The molecule has 1 N–H and O–H groups in total. The van der Waals surface area contributed by atoms with Gasteiger partial charge in [-0.3, -0.25) is 9.69 Å². The number of piperidine rings is 1. The molecule has 0 bridgehead atoms. The average molecular weight is 360 g/mol. The minimum absolute atomic E-state index is 0.0101. The fraction of sp³-hybridized carbons (Fsp3) is 0.667. The van der Waals surface area contributed by atoms with Crippen LogP contribution in [0.15, 0.2) is 24.3 Å². The van der Waals surface area contributed by atoms with Gasteiger partial charge in [0, 0.05) is 31.8 Å². The number of ether oxygens (including phenoxy) is 2. The van der Waals surface area contributed by atoms with Crippen LogP contribution in [0.5, 0.6) is 5.75 Å². The maximum Gasteiger partial charge on any atom is 0.258 e. The molecule has 2 heterocycles. The van der Waals surface area contributed by atoms with Crippen molar-refractivity contribution in [1.82, 2.24) is 10.2 Å². The number of likely N-dealkylation sites (tertiary alicyclic amines) is 1. The third-order valence-corrected chi connectivity index (χ3v) is 5.37. The minimum atomic E-state index is -0.0311. The van der Waals surface area contributed by atoms with Gasteiger partial charge in [-0.15, -0.1) is 0 Å². The predicted molar refractivity (Wildman–Crippen MR) is 103 cm³/mol. The van der Waals surface area contributed by atoms with Gasteiger partial charge in [0.25, 0.3) is 5.91 Å². The van der Waals surface area contributed by atoms with E-state index in [4.69, 9.17) is 9.47 Å². The molecule has 0 aromatic heterocycles. The van der Waals surface area contributed by atoms with Crippen molar-refractivity contribution in [2.75, 3.05) is 32.9 Å². The Morgan fingerprint density at radius 1 is 1.23 bits per heavy atom. The van der Waals surface area contributed by atoms with E-state index < -0.39 is 0 Å². The van der Waals surface area contributed by atoms with Gasteiger partial charge in [-0.2, -0.15) is 0 Å².